The first kappa shape index (κ1) is 21.8. The van der Waals surface area contributed by atoms with E-state index in [4.69, 9.17) is 0 Å². The number of hydrogen-bond acceptors (Lipinski definition) is 5. The highest BCUT2D eigenvalue weighted by Crippen LogP contribution is 2.31. The summed E-state index contributed by atoms with van der Waals surface area (Å²) in [5.41, 5.74) is 2.32. The molecular formula is C21H25F3N4O3. The lowest BCUT2D eigenvalue weighted by Crippen LogP contribution is -2.52. The van der Waals surface area contributed by atoms with Gasteiger partial charge in [0.25, 0.3) is 5.91 Å². The van der Waals surface area contributed by atoms with Crippen LogP contribution in [-0.4, -0.2) is 65.4 Å². The summed E-state index contributed by atoms with van der Waals surface area (Å²) >= 11 is 0. The minimum Gasteiger partial charge on any atom is -0.322 e. The standard InChI is InChI=1S/C21H25F3N4O3/c22-21(23,24)12-25-15-6-8-27(9-7-15)10-13-2-1-3-14-11-28(20(31)18(13)14)16-4-5-17(29)26-19(16)30/h1-3,15-16,25H,4-12H2,(H,26,29,30). The summed E-state index contributed by atoms with van der Waals surface area (Å²) < 4.78 is 37.2. The second-order valence-electron chi connectivity index (χ2n) is 8.40. The lowest BCUT2D eigenvalue weighted by atomic mass is 10.00. The number of alkyl halides is 3. The first-order chi connectivity index (χ1) is 14.7. The summed E-state index contributed by atoms with van der Waals surface area (Å²) in [6.45, 7) is 1.17. The number of nitrogens with one attached hydrogen (secondary N) is 2. The van der Waals surface area contributed by atoms with E-state index in [1.165, 1.54) is 4.90 Å². The number of halogens is 3. The maximum Gasteiger partial charge on any atom is 0.401 e. The van der Waals surface area contributed by atoms with Crippen LogP contribution < -0.4 is 10.6 Å². The Balaban J connectivity index is 1.39. The van der Waals surface area contributed by atoms with Crippen LogP contribution in [-0.2, 0) is 22.7 Å². The first-order valence-corrected chi connectivity index (χ1v) is 10.5. The number of hydrogen-bond donors (Lipinski definition) is 2. The lowest BCUT2D eigenvalue weighted by molar-refractivity contribution is -0.137. The second kappa shape index (κ2) is 8.58. The smallest absolute Gasteiger partial charge is 0.322 e. The molecule has 31 heavy (non-hydrogen) atoms. The molecule has 3 amide bonds. The number of nitrogens with zero attached hydrogens (tertiary/aromatic N) is 2. The van der Waals surface area contributed by atoms with Gasteiger partial charge in [-0.2, -0.15) is 13.2 Å². The molecule has 1 unspecified atom stereocenters. The fraction of sp³-hybridized carbons (Fsp3) is 0.571. The molecule has 0 radical (unpaired) electrons. The zero-order chi connectivity index (χ0) is 22.2. The molecule has 2 saturated heterocycles. The molecule has 1 atom stereocenters. The Morgan fingerprint density at radius 2 is 1.84 bits per heavy atom. The molecular weight excluding hydrogens is 413 g/mol. The van der Waals surface area contributed by atoms with E-state index in [1.807, 2.05) is 18.2 Å². The third-order valence-corrected chi connectivity index (χ3v) is 6.21. The summed E-state index contributed by atoms with van der Waals surface area (Å²) in [4.78, 5) is 40.5. The minimum atomic E-state index is -4.21. The van der Waals surface area contributed by atoms with Gasteiger partial charge in [0.15, 0.2) is 0 Å². The molecule has 0 spiro atoms. The van der Waals surface area contributed by atoms with Crippen LogP contribution in [0.4, 0.5) is 13.2 Å². The molecule has 2 N–H and O–H groups in total. The molecule has 10 heteroatoms. The number of likely N-dealkylation sites (tertiary alicyclic amines) is 1. The number of fused-ring (bicyclic) bond motifs is 1. The van der Waals surface area contributed by atoms with Gasteiger partial charge in [0.1, 0.15) is 6.04 Å². The highest BCUT2D eigenvalue weighted by atomic mass is 19.4. The van der Waals surface area contributed by atoms with Crippen LogP contribution in [0.5, 0.6) is 0 Å². The Bertz CT molecular complexity index is 881. The van der Waals surface area contributed by atoms with Crippen LogP contribution in [0, 0.1) is 0 Å². The highest BCUT2D eigenvalue weighted by molar-refractivity contribution is 6.05. The van der Waals surface area contributed by atoms with Crippen molar-refractivity contribution in [3.8, 4) is 0 Å². The van der Waals surface area contributed by atoms with Gasteiger partial charge in [0.05, 0.1) is 6.54 Å². The maximum absolute atomic E-state index is 13.1. The zero-order valence-corrected chi connectivity index (χ0v) is 17.0. The van der Waals surface area contributed by atoms with Crippen LogP contribution in [0.2, 0.25) is 0 Å². The van der Waals surface area contributed by atoms with Crippen molar-refractivity contribution < 1.29 is 27.6 Å². The summed E-state index contributed by atoms with van der Waals surface area (Å²) in [6, 6.07) is 4.83. The monoisotopic (exact) mass is 438 g/mol. The van der Waals surface area contributed by atoms with E-state index in [0.717, 1.165) is 11.1 Å². The number of carbonyl (C=O) groups is 3. The van der Waals surface area contributed by atoms with E-state index in [-0.39, 0.29) is 24.3 Å². The van der Waals surface area contributed by atoms with Gasteiger partial charge in [-0.25, -0.2) is 0 Å². The molecule has 0 aliphatic carbocycles. The number of amides is 3. The van der Waals surface area contributed by atoms with Gasteiger partial charge in [-0.15, -0.1) is 0 Å². The molecule has 1 aromatic carbocycles. The molecule has 4 rings (SSSR count). The van der Waals surface area contributed by atoms with E-state index >= 15 is 0 Å². The van der Waals surface area contributed by atoms with E-state index in [0.29, 0.717) is 51.0 Å². The van der Waals surface area contributed by atoms with Crippen molar-refractivity contribution in [3.63, 3.8) is 0 Å². The van der Waals surface area contributed by atoms with Crippen molar-refractivity contribution in [1.29, 1.82) is 0 Å². The normalized spacial score (nSPS) is 23.3. The molecule has 3 heterocycles. The number of imide groups is 1. The van der Waals surface area contributed by atoms with E-state index in [9.17, 15) is 27.6 Å². The van der Waals surface area contributed by atoms with Crippen molar-refractivity contribution in [2.45, 2.75) is 57.0 Å². The Morgan fingerprint density at radius 3 is 2.52 bits per heavy atom. The predicted octanol–water partition coefficient (Wildman–Crippen LogP) is 1.56. The van der Waals surface area contributed by atoms with Gasteiger partial charge in [0, 0.05) is 31.1 Å². The number of benzene rings is 1. The van der Waals surface area contributed by atoms with Gasteiger partial charge in [-0.05, 0) is 43.5 Å². The van der Waals surface area contributed by atoms with Crippen LogP contribution in [0.25, 0.3) is 0 Å². The molecule has 1 aromatic rings. The van der Waals surface area contributed by atoms with Gasteiger partial charge in [-0.3, -0.25) is 24.6 Å². The van der Waals surface area contributed by atoms with E-state index in [2.05, 4.69) is 15.5 Å². The Kier molecular flexibility index (Phi) is 6.02. The average Bonchev–Trinajstić information content (AvgIpc) is 3.04. The quantitative estimate of drug-likeness (QED) is 0.682. The average molecular weight is 438 g/mol. The summed E-state index contributed by atoms with van der Waals surface area (Å²) in [5, 5.41) is 4.87. The van der Waals surface area contributed by atoms with Crippen LogP contribution in [0.3, 0.4) is 0 Å². The van der Waals surface area contributed by atoms with Crippen LogP contribution >= 0.6 is 0 Å². The minimum absolute atomic E-state index is 0.163. The summed E-state index contributed by atoms with van der Waals surface area (Å²) in [7, 11) is 0. The fourth-order valence-electron chi connectivity index (χ4n) is 4.62. The van der Waals surface area contributed by atoms with E-state index in [1.54, 1.807) is 0 Å². The molecule has 7 nitrogen and oxygen atoms in total. The molecule has 2 fully saturated rings. The molecule has 0 aromatic heterocycles. The predicted molar refractivity (Wildman–Crippen MR) is 105 cm³/mol. The van der Waals surface area contributed by atoms with Crippen molar-refractivity contribution in [3.05, 3.63) is 34.9 Å². The summed E-state index contributed by atoms with van der Waals surface area (Å²) in [5.74, 6) is -0.964. The van der Waals surface area contributed by atoms with Gasteiger partial charge < -0.3 is 10.2 Å². The van der Waals surface area contributed by atoms with Crippen LogP contribution in [0.15, 0.2) is 18.2 Å². The molecule has 168 valence electrons. The number of rotatable bonds is 5. The fourth-order valence-corrected chi connectivity index (χ4v) is 4.62. The Morgan fingerprint density at radius 1 is 1.10 bits per heavy atom. The summed E-state index contributed by atoms with van der Waals surface area (Å²) in [6.07, 6.45) is -2.46. The highest BCUT2D eigenvalue weighted by Gasteiger charge is 2.40. The van der Waals surface area contributed by atoms with E-state index < -0.39 is 24.7 Å². The topological polar surface area (TPSA) is 81.8 Å². The van der Waals surface area contributed by atoms with Crippen molar-refractivity contribution >= 4 is 17.7 Å². The third kappa shape index (κ3) is 4.90. The second-order valence-corrected chi connectivity index (χ2v) is 8.40. The largest absolute Gasteiger partial charge is 0.401 e. The SMILES string of the molecule is O=C1CCC(N2Cc3cccc(CN4CCC(NCC(F)(F)F)CC4)c3C2=O)C(=O)N1. The molecule has 3 aliphatic heterocycles. The lowest BCUT2D eigenvalue weighted by Gasteiger charge is -2.33. The first-order valence-electron chi connectivity index (χ1n) is 10.5. The van der Waals surface area contributed by atoms with Gasteiger partial charge in [0.2, 0.25) is 11.8 Å². The molecule has 3 aliphatic rings. The number of carbonyl (C=O) groups excluding carboxylic acids is 3. The van der Waals surface area contributed by atoms with Crippen LogP contribution in [0.1, 0.15) is 47.2 Å². The Labute approximate surface area is 177 Å². The molecule has 0 saturated carbocycles. The van der Waals surface area contributed by atoms with Gasteiger partial charge in [-0.1, -0.05) is 18.2 Å². The van der Waals surface area contributed by atoms with Crippen molar-refractivity contribution in [2.24, 2.45) is 0 Å². The third-order valence-electron chi connectivity index (χ3n) is 6.21. The van der Waals surface area contributed by atoms with Crippen molar-refractivity contribution in [1.82, 2.24) is 20.4 Å². The molecule has 0 bridgehead atoms. The zero-order valence-electron chi connectivity index (χ0n) is 17.0. The Hall–Kier alpha value is -2.46. The van der Waals surface area contributed by atoms with Crippen molar-refractivity contribution in [2.75, 3.05) is 19.6 Å². The maximum atomic E-state index is 13.1. The van der Waals surface area contributed by atoms with Gasteiger partial charge >= 0.3 is 6.18 Å². The number of piperidine rings is 2.